The number of rotatable bonds is 1. The minimum atomic E-state index is -0.271. The number of ether oxygens (including phenoxy) is 1. The van der Waals surface area contributed by atoms with E-state index in [1.54, 1.807) is 0 Å². The lowest BCUT2D eigenvalue weighted by Crippen LogP contribution is -2.25. The topological polar surface area (TPSA) is 72.0 Å². The second kappa shape index (κ2) is 3.10. The molecule has 0 saturated carbocycles. The summed E-state index contributed by atoms with van der Waals surface area (Å²) in [7, 11) is 0. The number of hydrogen-bond acceptors (Lipinski definition) is 4. The van der Waals surface area contributed by atoms with Crippen LogP contribution < -0.4 is 5.56 Å². The summed E-state index contributed by atoms with van der Waals surface area (Å²) in [4.78, 5) is 28.0. The first-order valence-electron chi connectivity index (χ1n) is 3.96. The standard InChI is InChI=1S/C8H8N2O3/c11-3-7-9-6-1-2-13-4-5(6)8(12)10-7/h3H,1-2,4H2,(H,9,10,12). The van der Waals surface area contributed by atoms with E-state index in [1.807, 2.05) is 0 Å². The molecule has 0 aliphatic carbocycles. The smallest absolute Gasteiger partial charge is 0.257 e. The molecule has 0 unspecified atom stereocenters. The zero-order valence-electron chi connectivity index (χ0n) is 6.87. The first kappa shape index (κ1) is 8.12. The number of aromatic amines is 1. The van der Waals surface area contributed by atoms with Gasteiger partial charge >= 0.3 is 0 Å². The number of carbonyl (C=O) groups excluding carboxylic acids is 1. The fourth-order valence-corrected chi connectivity index (χ4v) is 1.32. The van der Waals surface area contributed by atoms with Gasteiger partial charge in [0.2, 0.25) is 0 Å². The van der Waals surface area contributed by atoms with E-state index in [9.17, 15) is 9.59 Å². The van der Waals surface area contributed by atoms with Crippen molar-refractivity contribution < 1.29 is 9.53 Å². The monoisotopic (exact) mass is 180 g/mol. The average molecular weight is 180 g/mol. The molecule has 0 atom stereocenters. The zero-order valence-corrected chi connectivity index (χ0v) is 6.87. The molecule has 5 nitrogen and oxygen atoms in total. The lowest BCUT2D eigenvalue weighted by atomic mass is 10.1. The summed E-state index contributed by atoms with van der Waals surface area (Å²) < 4.78 is 5.10. The van der Waals surface area contributed by atoms with Crippen molar-refractivity contribution in [2.45, 2.75) is 13.0 Å². The van der Waals surface area contributed by atoms with Crippen LogP contribution in [0.15, 0.2) is 4.79 Å². The van der Waals surface area contributed by atoms with Crippen LogP contribution in [0.3, 0.4) is 0 Å². The Kier molecular flexibility index (Phi) is 1.94. The molecule has 1 aliphatic heterocycles. The van der Waals surface area contributed by atoms with Gasteiger partial charge in [-0.15, -0.1) is 0 Å². The molecule has 5 heteroatoms. The Hall–Kier alpha value is -1.49. The summed E-state index contributed by atoms with van der Waals surface area (Å²) >= 11 is 0. The van der Waals surface area contributed by atoms with Crippen LogP contribution in [-0.4, -0.2) is 22.9 Å². The van der Waals surface area contributed by atoms with Crippen LogP contribution in [0, 0.1) is 0 Å². The minimum absolute atomic E-state index is 0.0886. The Balaban J connectivity index is 2.59. The molecule has 0 fully saturated rings. The summed E-state index contributed by atoms with van der Waals surface area (Å²) in [6.45, 7) is 0.846. The van der Waals surface area contributed by atoms with E-state index in [0.717, 1.165) is 0 Å². The van der Waals surface area contributed by atoms with E-state index in [1.165, 1.54) is 0 Å². The number of fused-ring (bicyclic) bond motifs is 1. The van der Waals surface area contributed by atoms with Gasteiger partial charge < -0.3 is 9.72 Å². The van der Waals surface area contributed by atoms with Crippen molar-refractivity contribution in [2.75, 3.05) is 6.61 Å². The van der Waals surface area contributed by atoms with Crippen molar-refractivity contribution in [1.82, 2.24) is 9.97 Å². The SMILES string of the molecule is O=Cc1nc2c(c(=O)[nH]1)COCC2. The van der Waals surface area contributed by atoms with Crippen LogP contribution in [0.25, 0.3) is 0 Å². The third kappa shape index (κ3) is 1.38. The van der Waals surface area contributed by atoms with Crippen molar-refractivity contribution in [3.05, 3.63) is 27.4 Å². The summed E-state index contributed by atoms with van der Waals surface area (Å²) in [5, 5.41) is 0. The number of H-pyrrole nitrogens is 1. The molecule has 1 aliphatic rings. The maximum atomic E-state index is 11.3. The summed E-state index contributed by atoms with van der Waals surface area (Å²) in [6.07, 6.45) is 1.14. The highest BCUT2D eigenvalue weighted by Gasteiger charge is 2.15. The molecule has 2 heterocycles. The molecule has 68 valence electrons. The molecular weight excluding hydrogens is 172 g/mol. The van der Waals surface area contributed by atoms with Crippen molar-refractivity contribution in [3.8, 4) is 0 Å². The fraction of sp³-hybridized carbons (Fsp3) is 0.375. The van der Waals surface area contributed by atoms with Gasteiger partial charge in [0, 0.05) is 6.42 Å². The summed E-state index contributed by atoms with van der Waals surface area (Å²) in [5.74, 6) is 0.0886. The normalized spacial score (nSPS) is 15.1. The quantitative estimate of drug-likeness (QED) is 0.600. The van der Waals surface area contributed by atoms with Gasteiger partial charge in [-0.2, -0.15) is 0 Å². The number of nitrogens with zero attached hydrogens (tertiary/aromatic N) is 1. The largest absolute Gasteiger partial charge is 0.376 e. The van der Waals surface area contributed by atoms with Gasteiger partial charge in [-0.05, 0) is 0 Å². The van der Waals surface area contributed by atoms with Crippen LogP contribution in [0.2, 0.25) is 0 Å². The van der Waals surface area contributed by atoms with Gasteiger partial charge in [-0.25, -0.2) is 4.98 Å². The van der Waals surface area contributed by atoms with Crippen LogP contribution in [-0.2, 0) is 17.8 Å². The fourth-order valence-electron chi connectivity index (χ4n) is 1.32. The van der Waals surface area contributed by atoms with Crippen LogP contribution in [0.5, 0.6) is 0 Å². The van der Waals surface area contributed by atoms with Gasteiger partial charge in [0.15, 0.2) is 12.1 Å². The van der Waals surface area contributed by atoms with Crippen LogP contribution >= 0.6 is 0 Å². The van der Waals surface area contributed by atoms with Gasteiger partial charge in [0.25, 0.3) is 5.56 Å². The van der Waals surface area contributed by atoms with Crippen LogP contribution in [0.1, 0.15) is 21.9 Å². The van der Waals surface area contributed by atoms with E-state index in [2.05, 4.69) is 9.97 Å². The predicted octanol–water partition coefficient (Wildman–Crippen LogP) is -0.345. The van der Waals surface area contributed by atoms with Crippen molar-refractivity contribution in [2.24, 2.45) is 0 Å². The second-order valence-electron chi connectivity index (χ2n) is 2.80. The van der Waals surface area contributed by atoms with Crippen molar-refractivity contribution >= 4 is 6.29 Å². The zero-order chi connectivity index (χ0) is 9.26. The highest BCUT2D eigenvalue weighted by atomic mass is 16.5. The third-order valence-corrected chi connectivity index (χ3v) is 1.96. The first-order valence-corrected chi connectivity index (χ1v) is 3.96. The van der Waals surface area contributed by atoms with E-state index in [4.69, 9.17) is 4.74 Å². The lowest BCUT2D eigenvalue weighted by molar-refractivity contribution is 0.106. The van der Waals surface area contributed by atoms with E-state index in [-0.39, 0.29) is 18.0 Å². The Bertz CT molecular complexity index is 397. The average Bonchev–Trinajstić information content (AvgIpc) is 2.18. The molecule has 0 spiro atoms. The summed E-state index contributed by atoms with van der Waals surface area (Å²) in [5.41, 5.74) is 0.945. The Morgan fingerprint density at radius 2 is 2.38 bits per heavy atom. The molecular formula is C8H8N2O3. The third-order valence-electron chi connectivity index (χ3n) is 1.96. The Morgan fingerprint density at radius 3 is 3.15 bits per heavy atom. The maximum absolute atomic E-state index is 11.3. The highest BCUT2D eigenvalue weighted by Crippen LogP contribution is 2.09. The van der Waals surface area contributed by atoms with Crippen molar-refractivity contribution in [3.63, 3.8) is 0 Å². The van der Waals surface area contributed by atoms with Gasteiger partial charge in [-0.3, -0.25) is 9.59 Å². The molecule has 0 amide bonds. The number of aromatic nitrogens is 2. The highest BCUT2D eigenvalue weighted by molar-refractivity contribution is 5.68. The van der Waals surface area contributed by atoms with E-state index >= 15 is 0 Å². The summed E-state index contributed by atoms with van der Waals surface area (Å²) in [6, 6.07) is 0. The van der Waals surface area contributed by atoms with Gasteiger partial charge in [0.1, 0.15) is 0 Å². The molecule has 1 aromatic heterocycles. The molecule has 1 N–H and O–H groups in total. The van der Waals surface area contributed by atoms with Crippen LogP contribution in [0.4, 0.5) is 0 Å². The molecule has 13 heavy (non-hydrogen) atoms. The number of hydrogen-bond donors (Lipinski definition) is 1. The number of nitrogens with one attached hydrogen (secondary N) is 1. The molecule has 0 saturated heterocycles. The minimum Gasteiger partial charge on any atom is -0.376 e. The molecule has 1 aromatic rings. The van der Waals surface area contributed by atoms with E-state index in [0.29, 0.717) is 30.6 Å². The molecule has 0 aromatic carbocycles. The number of aldehydes is 1. The van der Waals surface area contributed by atoms with E-state index < -0.39 is 0 Å². The maximum Gasteiger partial charge on any atom is 0.257 e. The van der Waals surface area contributed by atoms with Gasteiger partial charge in [-0.1, -0.05) is 0 Å². The molecule has 0 bridgehead atoms. The Morgan fingerprint density at radius 1 is 1.54 bits per heavy atom. The van der Waals surface area contributed by atoms with Crippen molar-refractivity contribution in [1.29, 1.82) is 0 Å². The Labute approximate surface area is 73.8 Å². The first-order chi connectivity index (χ1) is 6.31. The number of carbonyl (C=O) groups is 1. The predicted molar refractivity (Wildman–Crippen MR) is 43.6 cm³/mol. The molecule has 0 radical (unpaired) electrons. The lowest BCUT2D eigenvalue weighted by Gasteiger charge is -2.13. The molecule has 2 rings (SSSR count). The van der Waals surface area contributed by atoms with Gasteiger partial charge in [0.05, 0.1) is 24.5 Å². The second-order valence-corrected chi connectivity index (χ2v) is 2.80.